The molecule has 0 aliphatic heterocycles. The Morgan fingerprint density at radius 1 is 1.33 bits per heavy atom. The van der Waals surface area contributed by atoms with Gasteiger partial charge in [-0.15, -0.1) is 0 Å². The topological polar surface area (TPSA) is 38.0 Å². The molecular formula is C12H17FN2. The van der Waals surface area contributed by atoms with E-state index in [4.69, 9.17) is 5.73 Å². The summed E-state index contributed by atoms with van der Waals surface area (Å²) in [4.78, 5) is 0. The lowest BCUT2D eigenvalue weighted by Gasteiger charge is -2.15. The fourth-order valence-electron chi connectivity index (χ4n) is 1.67. The Bertz CT molecular complexity index is 306. The second-order valence-corrected chi connectivity index (χ2v) is 4.17. The molecule has 15 heavy (non-hydrogen) atoms. The minimum atomic E-state index is -0.190. The summed E-state index contributed by atoms with van der Waals surface area (Å²) in [6, 6.07) is 7.33. The zero-order chi connectivity index (χ0) is 10.7. The van der Waals surface area contributed by atoms with Crippen LogP contribution in [-0.4, -0.2) is 19.1 Å². The number of halogens is 1. The third kappa shape index (κ3) is 3.01. The molecule has 0 bridgehead atoms. The second-order valence-electron chi connectivity index (χ2n) is 4.17. The van der Waals surface area contributed by atoms with Gasteiger partial charge in [0, 0.05) is 25.0 Å². The molecule has 1 aliphatic rings. The fourth-order valence-corrected chi connectivity index (χ4v) is 1.67. The summed E-state index contributed by atoms with van der Waals surface area (Å²) in [6.07, 6.45) is 2.56. The number of rotatable bonds is 5. The van der Waals surface area contributed by atoms with E-state index < -0.39 is 0 Å². The lowest BCUT2D eigenvalue weighted by Crippen LogP contribution is -2.28. The molecule has 0 saturated heterocycles. The highest BCUT2D eigenvalue weighted by atomic mass is 19.1. The van der Waals surface area contributed by atoms with Crippen LogP contribution in [-0.2, 0) is 0 Å². The van der Waals surface area contributed by atoms with Crippen LogP contribution in [0.15, 0.2) is 24.3 Å². The van der Waals surface area contributed by atoms with E-state index in [1.54, 1.807) is 0 Å². The first-order valence-electron chi connectivity index (χ1n) is 5.48. The van der Waals surface area contributed by atoms with E-state index in [2.05, 4.69) is 5.32 Å². The highest BCUT2D eigenvalue weighted by Gasteiger charge is 2.21. The lowest BCUT2D eigenvalue weighted by molar-refractivity contribution is 0.582. The van der Waals surface area contributed by atoms with Gasteiger partial charge in [0.15, 0.2) is 0 Å². The Kier molecular flexibility index (Phi) is 3.34. The van der Waals surface area contributed by atoms with Crippen molar-refractivity contribution in [3.05, 3.63) is 35.6 Å². The molecule has 1 atom stereocenters. The number of benzene rings is 1. The predicted molar refractivity (Wildman–Crippen MR) is 59.2 cm³/mol. The quantitative estimate of drug-likeness (QED) is 0.771. The normalized spacial score (nSPS) is 17.7. The molecule has 1 aromatic carbocycles. The number of nitrogens with two attached hydrogens (primary N) is 1. The van der Waals surface area contributed by atoms with Gasteiger partial charge in [0.2, 0.25) is 0 Å². The van der Waals surface area contributed by atoms with Crippen molar-refractivity contribution in [2.45, 2.75) is 24.8 Å². The Hall–Kier alpha value is -0.930. The molecule has 1 aliphatic carbocycles. The Balaban J connectivity index is 1.94. The molecule has 0 aromatic heterocycles. The highest BCUT2D eigenvalue weighted by molar-refractivity contribution is 5.21. The second kappa shape index (κ2) is 4.73. The van der Waals surface area contributed by atoms with Crippen molar-refractivity contribution in [1.82, 2.24) is 5.32 Å². The molecule has 3 heteroatoms. The average molecular weight is 208 g/mol. The Labute approximate surface area is 89.7 Å². The van der Waals surface area contributed by atoms with Crippen LogP contribution in [0.1, 0.15) is 24.3 Å². The van der Waals surface area contributed by atoms with Crippen molar-refractivity contribution in [1.29, 1.82) is 0 Å². The van der Waals surface area contributed by atoms with Gasteiger partial charge in [0.05, 0.1) is 0 Å². The SMILES string of the molecule is NCC(CNC1CC1)c1ccc(F)cc1. The summed E-state index contributed by atoms with van der Waals surface area (Å²) in [5, 5.41) is 3.45. The van der Waals surface area contributed by atoms with E-state index in [1.165, 1.54) is 25.0 Å². The molecular weight excluding hydrogens is 191 g/mol. The fraction of sp³-hybridized carbons (Fsp3) is 0.500. The summed E-state index contributed by atoms with van der Waals surface area (Å²) < 4.78 is 12.7. The van der Waals surface area contributed by atoms with Gasteiger partial charge < -0.3 is 11.1 Å². The third-order valence-electron chi connectivity index (χ3n) is 2.86. The first-order chi connectivity index (χ1) is 7.29. The third-order valence-corrected chi connectivity index (χ3v) is 2.86. The van der Waals surface area contributed by atoms with Crippen molar-refractivity contribution in [2.24, 2.45) is 5.73 Å². The highest BCUT2D eigenvalue weighted by Crippen LogP contribution is 2.21. The Morgan fingerprint density at radius 2 is 2.00 bits per heavy atom. The Morgan fingerprint density at radius 3 is 2.53 bits per heavy atom. The van der Waals surface area contributed by atoms with Gasteiger partial charge in [-0.05, 0) is 30.5 Å². The zero-order valence-corrected chi connectivity index (χ0v) is 8.75. The lowest BCUT2D eigenvalue weighted by atomic mass is 9.99. The molecule has 0 radical (unpaired) electrons. The molecule has 2 rings (SSSR count). The van der Waals surface area contributed by atoms with Crippen LogP contribution in [0.4, 0.5) is 4.39 Å². The molecule has 82 valence electrons. The van der Waals surface area contributed by atoms with E-state index in [0.29, 0.717) is 18.5 Å². The minimum absolute atomic E-state index is 0.190. The largest absolute Gasteiger partial charge is 0.330 e. The number of hydrogen-bond donors (Lipinski definition) is 2. The van der Waals surface area contributed by atoms with Crippen molar-refractivity contribution in [3.63, 3.8) is 0 Å². The van der Waals surface area contributed by atoms with Gasteiger partial charge >= 0.3 is 0 Å². The van der Waals surface area contributed by atoms with Crippen LogP contribution in [0.2, 0.25) is 0 Å². The first-order valence-corrected chi connectivity index (χ1v) is 5.48. The van der Waals surface area contributed by atoms with Crippen molar-refractivity contribution < 1.29 is 4.39 Å². The van der Waals surface area contributed by atoms with Crippen molar-refractivity contribution >= 4 is 0 Å². The van der Waals surface area contributed by atoms with Crippen molar-refractivity contribution in [3.8, 4) is 0 Å². The van der Waals surface area contributed by atoms with Gasteiger partial charge in [0.25, 0.3) is 0 Å². The molecule has 0 heterocycles. The summed E-state index contributed by atoms with van der Waals surface area (Å²) in [7, 11) is 0. The molecule has 2 nitrogen and oxygen atoms in total. The van der Waals surface area contributed by atoms with Gasteiger partial charge in [-0.25, -0.2) is 4.39 Å². The predicted octanol–water partition coefficient (Wildman–Crippen LogP) is 1.62. The van der Waals surface area contributed by atoms with Crippen LogP contribution in [0.3, 0.4) is 0 Å². The smallest absolute Gasteiger partial charge is 0.123 e. The van der Waals surface area contributed by atoms with E-state index in [1.807, 2.05) is 12.1 Å². The maximum atomic E-state index is 12.7. The summed E-state index contributed by atoms with van der Waals surface area (Å²) in [6.45, 7) is 1.50. The standard InChI is InChI=1S/C12H17FN2/c13-11-3-1-9(2-4-11)10(7-14)8-15-12-5-6-12/h1-4,10,12,15H,5-8,14H2. The maximum absolute atomic E-state index is 12.7. The number of nitrogens with one attached hydrogen (secondary N) is 1. The molecule has 3 N–H and O–H groups in total. The van der Waals surface area contributed by atoms with Gasteiger partial charge in [-0.3, -0.25) is 0 Å². The molecule has 0 spiro atoms. The first kappa shape index (κ1) is 10.6. The van der Waals surface area contributed by atoms with Crippen molar-refractivity contribution in [2.75, 3.05) is 13.1 Å². The van der Waals surface area contributed by atoms with Gasteiger partial charge in [-0.1, -0.05) is 12.1 Å². The summed E-state index contributed by atoms with van der Waals surface area (Å²) in [5.41, 5.74) is 6.83. The average Bonchev–Trinajstić information content (AvgIpc) is 3.05. The summed E-state index contributed by atoms with van der Waals surface area (Å²) in [5.74, 6) is 0.107. The van der Waals surface area contributed by atoms with Gasteiger partial charge in [-0.2, -0.15) is 0 Å². The monoisotopic (exact) mass is 208 g/mol. The number of hydrogen-bond acceptors (Lipinski definition) is 2. The van der Waals surface area contributed by atoms with E-state index in [9.17, 15) is 4.39 Å². The molecule has 1 fully saturated rings. The zero-order valence-electron chi connectivity index (χ0n) is 8.75. The van der Waals surface area contributed by atoms with E-state index in [-0.39, 0.29) is 5.82 Å². The van der Waals surface area contributed by atoms with Crippen LogP contribution in [0.25, 0.3) is 0 Å². The van der Waals surface area contributed by atoms with Crippen LogP contribution < -0.4 is 11.1 Å². The van der Waals surface area contributed by atoms with E-state index >= 15 is 0 Å². The molecule has 1 saturated carbocycles. The maximum Gasteiger partial charge on any atom is 0.123 e. The molecule has 0 amide bonds. The van der Waals surface area contributed by atoms with Crippen LogP contribution in [0, 0.1) is 5.82 Å². The van der Waals surface area contributed by atoms with E-state index in [0.717, 1.165) is 12.1 Å². The molecule has 1 aromatic rings. The van der Waals surface area contributed by atoms with Gasteiger partial charge in [0.1, 0.15) is 5.82 Å². The van der Waals surface area contributed by atoms with Crippen LogP contribution >= 0.6 is 0 Å². The minimum Gasteiger partial charge on any atom is -0.330 e. The van der Waals surface area contributed by atoms with Crippen LogP contribution in [0.5, 0.6) is 0 Å². The molecule has 1 unspecified atom stereocenters. The summed E-state index contributed by atoms with van der Waals surface area (Å²) >= 11 is 0.